The van der Waals surface area contributed by atoms with E-state index in [9.17, 15) is 9.59 Å². The van der Waals surface area contributed by atoms with Gasteiger partial charge in [-0.15, -0.1) is 0 Å². The number of amides is 2. The highest BCUT2D eigenvalue weighted by Gasteiger charge is 2.29. The average molecular weight is 457 g/mol. The van der Waals surface area contributed by atoms with E-state index >= 15 is 0 Å². The molecule has 2 heterocycles. The fraction of sp³-hybridized carbons (Fsp3) is 0.286. The van der Waals surface area contributed by atoms with Crippen LogP contribution in [0.3, 0.4) is 0 Å². The van der Waals surface area contributed by atoms with Gasteiger partial charge in [-0.3, -0.25) is 9.48 Å². The molecule has 0 saturated heterocycles. The molecule has 0 radical (unpaired) electrons. The van der Waals surface area contributed by atoms with Crippen LogP contribution in [0.5, 0.6) is 0 Å². The van der Waals surface area contributed by atoms with Crippen LogP contribution < -0.4 is 5.32 Å². The van der Waals surface area contributed by atoms with Crippen molar-refractivity contribution >= 4 is 38.8 Å². The Kier molecular flexibility index (Phi) is 5.53. The van der Waals surface area contributed by atoms with Crippen molar-refractivity contribution in [1.29, 1.82) is 0 Å². The monoisotopic (exact) mass is 456 g/mol. The summed E-state index contributed by atoms with van der Waals surface area (Å²) in [5.41, 5.74) is 2.73. The maximum atomic E-state index is 12.3. The zero-order chi connectivity index (χ0) is 20.4. The number of fused-ring (bicyclic) bond motifs is 3. The van der Waals surface area contributed by atoms with Crippen LogP contribution in [0.15, 0.2) is 53.0 Å². The Balaban J connectivity index is 1.44. The third kappa shape index (κ3) is 4.12. The Labute approximate surface area is 176 Å². The van der Waals surface area contributed by atoms with Crippen molar-refractivity contribution in [2.75, 3.05) is 13.6 Å². The van der Waals surface area contributed by atoms with E-state index < -0.39 is 6.09 Å². The van der Waals surface area contributed by atoms with Gasteiger partial charge in [0.1, 0.15) is 13.2 Å². The third-order valence-corrected chi connectivity index (χ3v) is 5.64. The number of benzene rings is 2. The predicted octanol–water partition coefficient (Wildman–Crippen LogP) is 3.63. The molecule has 0 saturated carbocycles. The van der Waals surface area contributed by atoms with Gasteiger partial charge in [0.05, 0.1) is 17.3 Å². The molecule has 150 valence electrons. The summed E-state index contributed by atoms with van der Waals surface area (Å²) >= 11 is 3.59. The molecular formula is C21H21BrN4O3. The van der Waals surface area contributed by atoms with Gasteiger partial charge < -0.3 is 15.0 Å². The van der Waals surface area contributed by atoms with Crippen molar-refractivity contribution in [3.8, 4) is 0 Å². The van der Waals surface area contributed by atoms with Crippen molar-refractivity contribution in [2.24, 2.45) is 0 Å². The zero-order valence-electron chi connectivity index (χ0n) is 16.0. The van der Waals surface area contributed by atoms with E-state index in [0.717, 1.165) is 26.6 Å². The number of nitrogens with one attached hydrogen (secondary N) is 1. The second-order valence-electron chi connectivity index (χ2n) is 7.05. The van der Waals surface area contributed by atoms with E-state index in [1.807, 2.05) is 48.5 Å². The highest BCUT2D eigenvalue weighted by atomic mass is 79.9. The fourth-order valence-electron chi connectivity index (χ4n) is 3.53. The molecule has 3 aromatic rings. The molecular weight excluding hydrogens is 436 g/mol. The second kappa shape index (κ2) is 8.24. The van der Waals surface area contributed by atoms with E-state index in [4.69, 9.17) is 4.74 Å². The van der Waals surface area contributed by atoms with E-state index in [0.29, 0.717) is 13.0 Å². The SMILES string of the molecule is CN(CCC1NC(=O)Cn2nc3cccc(Br)c3c21)C(=O)OCc1ccccc1. The number of ether oxygens (including phenoxy) is 1. The van der Waals surface area contributed by atoms with Crippen LogP contribution in [-0.2, 0) is 22.7 Å². The summed E-state index contributed by atoms with van der Waals surface area (Å²) in [6.07, 6.45) is 0.167. The van der Waals surface area contributed by atoms with Crippen LogP contribution in [0.25, 0.3) is 10.9 Å². The van der Waals surface area contributed by atoms with Crippen LogP contribution in [0, 0.1) is 0 Å². The summed E-state index contributed by atoms with van der Waals surface area (Å²) < 4.78 is 8.06. The van der Waals surface area contributed by atoms with Crippen molar-refractivity contribution in [1.82, 2.24) is 20.0 Å². The quantitative estimate of drug-likeness (QED) is 0.635. The van der Waals surface area contributed by atoms with Crippen LogP contribution in [0.1, 0.15) is 23.7 Å². The van der Waals surface area contributed by atoms with Crippen LogP contribution in [0.4, 0.5) is 4.79 Å². The molecule has 0 fully saturated rings. The molecule has 1 N–H and O–H groups in total. The van der Waals surface area contributed by atoms with Gasteiger partial charge in [-0.05, 0) is 24.1 Å². The van der Waals surface area contributed by atoms with Crippen molar-refractivity contribution in [3.05, 3.63) is 64.3 Å². The molecule has 2 amide bonds. The first-order valence-corrected chi connectivity index (χ1v) is 10.2. The topological polar surface area (TPSA) is 76.5 Å². The van der Waals surface area contributed by atoms with Crippen LogP contribution >= 0.6 is 15.9 Å². The fourth-order valence-corrected chi connectivity index (χ4v) is 4.09. The van der Waals surface area contributed by atoms with Crippen molar-refractivity contribution in [2.45, 2.75) is 25.6 Å². The van der Waals surface area contributed by atoms with Crippen LogP contribution in [0.2, 0.25) is 0 Å². The molecule has 1 atom stereocenters. The van der Waals surface area contributed by atoms with Gasteiger partial charge >= 0.3 is 6.09 Å². The summed E-state index contributed by atoms with van der Waals surface area (Å²) in [5, 5.41) is 8.58. The lowest BCUT2D eigenvalue weighted by Gasteiger charge is -2.27. The molecule has 0 spiro atoms. The van der Waals surface area contributed by atoms with Crippen molar-refractivity contribution < 1.29 is 14.3 Å². The minimum absolute atomic E-state index is 0.0827. The molecule has 0 bridgehead atoms. The summed E-state index contributed by atoms with van der Waals surface area (Å²) in [6.45, 7) is 0.867. The zero-order valence-corrected chi connectivity index (χ0v) is 17.6. The normalized spacial score (nSPS) is 15.7. The number of nitrogens with zero attached hydrogens (tertiary/aromatic N) is 3. The Bertz CT molecular complexity index is 1050. The average Bonchev–Trinajstić information content (AvgIpc) is 3.10. The first-order valence-electron chi connectivity index (χ1n) is 9.39. The lowest BCUT2D eigenvalue weighted by atomic mass is 10.0. The number of halogens is 1. The second-order valence-corrected chi connectivity index (χ2v) is 7.90. The van der Waals surface area contributed by atoms with E-state index in [-0.39, 0.29) is 25.1 Å². The molecule has 8 heteroatoms. The maximum Gasteiger partial charge on any atom is 0.409 e. The van der Waals surface area contributed by atoms with Crippen molar-refractivity contribution in [3.63, 3.8) is 0 Å². The molecule has 2 aromatic carbocycles. The largest absolute Gasteiger partial charge is 0.445 e. The van der Waals surface area contributed by atoms with E-state index in [1.54, 1.807) is 11.7 Å². The highest BCUT2D eigenvalue weighted by Crippen LogP contribution is 2.33. The first kappa shape index (κ1) is 19.4. The van der Waals surface area contributed by atoms with Gasteiger partial charge in [-0.1, -0.05) is 52.3 Å². The molecule has 0 aliphatic carbocycles. The van der Waals surface area contributed by atoms with Gasteiger partial charge in [-0.2, -0.15) is 5.10 Å². The Morgan fingerprint density at radius 1 is 1.28 bits per heavy atom. The van der Waals surface area contributed by atoms with E-state index in [1.165, 1.54) is 4.90 Å². The molecule has 7 nitrogen and oxygen atoms in total. The number of rotatable bonds is 5. The molecule has 4 rings (SSSR count). The molecule has 1 aliphatic rings. The smallest absolute Gasteiger partial charge is 0.409 e. The Morgan fingerprint density at radius 2 is 2.07 bits per heavy atom. The predicted molar refractivity (Wildman–Crippen MR) is 112 cm³/mol. The maximum absolute atomic E-state index is 12.3. The summed E-state index contributed by atoms with van der Waals surface area (Å²) in [5.74, 6) is -0.0827. The number of hydrogen-bond acceptors (Lipinski definition) is 4. The third-order valence-electron chi connectivity index (χ3n) is 4.98. The van der Waals surface area contributed by atoms with Crippen LogP contribution in [-0.4, -0.2) is 40.3 Å². The van der Waals surface area contributed by atoms with Gasteiger partial charge in [0.15, 0.2) is 0 Å². The number of carbonyl (C=O) groups is 2. The van der Waals surface area contributed by atoms with Gasteiger partial charge in [0.25, 0.3) is 0 Å². The standard InChI is InChI=1S/C21H21BrN4O3/c1-25(21(28)29-13-14-6-3-2-4-7-14)11-10-17-20-19-15(22)8-5-9-16(19)24-26(20)12-18(27)23-17/h2-9,17H,10-13H2,1H3,(H,23,27). The number of carbonyl (C=O) groups excluding carboxylic acids is 2. The molecule has 1 aromatic heterocycles. The number of hydrogen-bond donors (Lipinski definition) is 1. The van der Waals surface area contributed by atoms with E-state index in [2.05, 4.69) is 26.3 Å². The van der Waals surface area contributed by atoms with Gasteiger partial charge in [0.2, 0.25) is 5.91 Å². The Morgan fingerprint density at radius 3 is 2.86 bits per heavy atom. The lowest BCUT2D eigenvalue weighted by molar-refractivity contribution is -0.123. The minimum atomic E-state index is -0.393. The summed E-state index contributed by atoms with van der Waals surface area (Å²) in [7, 11) is 1.70. The number of aromatic nitrogens is 2. The van der Waals surface area contributed by atoms with Gasteiger partial charge in [-0.25, -0.2) is 4.79 Å². The van der Waals surface area contributed by atoms with Gasteiger partial charge in [0, 0.05) is 23.5 Å². The first-order chi connectivity index (χ1) is 14.0. The minimum Gasteiger partial charge on any atom is -0.445 e. The molecule has 29 heavy (non-hydrogen) atoms. The highest BCUT2D eigenvalue weighted by molar-refractivity contribution is 9.10. The Hall–Kier alpha value is -2.87. The summed E-state index contributed by atoms with van der Waals surface area (Å²) in [6, 6.07) is 15.1. The summed E-state index contributed by atoms with van der Waals surface area (Å²) in [4.78, 5) is 26.0. The molecule has 1 aliphatic heterocycles. The lowest BCUT2D eigenvalue weighted by Crippen LogP contribution is -2.40. The molecule has 1 unspecified atom stereocenters.